The maximum absolute atomic E-state index is 4.67. The van der Waals surface area contributed by atoms with Gasteiger partial charge in [-0.1, -0.05) is 74.8 Å². The van der Waals surface area contributed by atoms with Crippen LogP contribution in [0.3, 0.4) is 0 Å². The Balaban J connectivity index is 1.78. The molecule has 0 saturated carbocycles. The van der Waals surface area contributed by atoms with Gasteiger partial charge in [0.2, 0.25) is 0 Å². The topological polar surface area (TPSA) is 44.5 Å². The summed E-state index contributed by atoms with van der Waals surface area (Å²) in [5, 5.41) is 8.97. The number of hydrogen-bond donors (Lipinski definition) is 2. The fourth-order valence-electron chi connectivity index (χ4n) is 4.34. The molecule has 1 aliphatic carbocycles. The lowest BCUT2D eigenvalue weighted by atomic mass is 9.96. The SMILES string of the molecule is C=C/C=C(/C1=CC=CC1)c1cc(-c2n[nH]c3ccc(C(/C=C(\C=C)CC)=C/C)cc23)[nH]c1C. The molecule has 0 unspecified atom stereocenters. The van der Waals surface area contributed by atoms with Crippen molar-refractivity contribution in [3.63, 3.8) is 0 Å². The van der Waals surface area contributed by atoms with Gasteiger partial charge in [0.15, 0.2) is 0 Å². The van der Waals surface area contributed by atoms with E-state index >= 15 is 0 Å². The number of rotatable bonds is 8. The first-order valence-corrected chi connectivity index (χ1v) is 11.5. The number of nitrogens with one attached hydrogen (secondary N) is 2. The van der Waals surface area contributed by atoms with Crippen molar-refractivity contribution in [2.75, 3.05) is 0 Å². The number of aromatic amines is 2. The molecule has 0 radical (unpaired) electrons. The van der Waals surface area contributed by atoms with Gasteiger partial charge in [-0.05, 0) is 72.7 Å². The van der Waals surface area contributed by atoms with Crippen LogP contribution in [0.5, 0.6) is 0 Å². The molecule has 0 bridgehead atoms. The first-order chi connectivity index (χ1) is 16.1. The Bertz CT molecular complexity index is 1360. The van der Waals surface area contributed by atoms with Crippen LogP contribution in [0.2, 0.25) is 0 Å². The molecule has 0 fully saturated rings. The molecular weight excluding hydrogens is 402 g/mol. The predicted octanol–water partition coefficient (Wildman–Crippen LogP) is 8.25. The highest BCUT2D eigenvalue weighted by molar-refractivity contribution is 5.96. The van der Waals surface area contributed by atoms with E-state index in [1.807, 2.05) is 12.2 Å². The zero-order valence-electron chi connectivity index (χ0n) is 19.7. The maximum Gasteiger partial charge on any atom is 0.116 e. The largest absolute Gasteiger partial charge is 0.357 e. The lowest BCUT2D eigenvalue weighted by Crippen LogP contribution is -1.88. The number of H-pyrrole nitrogens is 2. The summed E-state index contributed by atoms with van der Waals surface area (Å²) in [6, 6.07) is 8.67. The van der Waals surface area contributed by atoms with Gasteiger partial charge in [-0.25, -0.2) is 0 Å². The van der Waals surface area contributed by atoms with Crippen molar-refractivity contribution in [2.24, 2.45) is 0 Å². The highest BCUT2D eigenvalue weighted by Crippen LogP contribution is 2.35. The van der Waals surface area contributed by atoms with Crippen molar-refractivity contribution >= 4 is 22.0 Å². The van der Waals surface area contributed by atoms with Crippen LogP contribution in [-0.2, 0) is 0 Å². The van der Waals surface area contributed by atoms with E-state index in [1.54, 1.807) is 0 Å². The summed E-state index contributed by atoms with van der Waals surface area (Å²) in [6.45, 7) is 14.2. The summed E-state index contributed by atoms with van der Waals surface area (Å²) in [7, 11) is 0. The molecule has 1 aliphatic rings. The fraction of sp³-hybridized carbons (Fsp3) is 0.167. The number of fused-ring (bicyclic) bond motifs is 1. The third-order valence-electron chi connectivity index (χ3n) is 6.18. The third kappa shape index (κ3) is 4.40. The monoisotopic (exact) mass is 433 g/mol. The van der Waals surface area contributed by atoms with Gasteiger partial charge in [0, 0.05) is 16.6 Å². The standard InChI is InChI=1S/C30H31N3/c1-6-12-25(23-13-10-11-14-23)26-19-29(31-20(26)5)30-27-18-24(15-16-28(27)32-33-30)22(9-4)17-21(7-2)8-3/h6-7,9-13,15-19,31H,1-2,8,14H2,3-5H3,(H,32,33)/b21-17+,22-9+,25-12-. The first-order valence-electron chi connectivity index (χ1n) is 11.5. The molecule has 0 amide bonds. The zero-order chi connectivity index (χ0) is 23.4. The molecule has 0 saturated heterocycles. The van der Waals surface area contributed by atoms with Crippen LogP contribution >= 0.6 is 0 Å². The minimum atomic E-state index is 0.927. The Morgan fingerprint density at radius 1 is 1.21 bits per heavy atom. The van der Waals surface area contributed by atoms with Gasteiger partial charge >= 0.3 is 0 Å². The van der Waals surface area contributed by atoms with Crippen LogP contribution in [0, 0.1) is 6.92 Å². The van der Waals surface area contributed by atoms with Gasteiger partial charge < -0.3 is 4.98 Å². The molecule has 0 atom stereocenters. The molecule has 0 spiro atoms. The molecule has 4 rings (SSSR count). The van der Waals surface area contributed by atoms with Gasteiger partial charge in [0.05, 0.1) is 11.2 Å². The minimum absolute atomic E-state index is 0.927. The summed E-state index contributed by atoms with van der Waals surface area (Å²) in [4.78, 5) is 3.57. The number of allylic oxidation sites excluding steroid dienone is 12. The van der Waals surface area contributed by atoms with Gasteiger partial charge in [-0.15, -0.1) is 0 Å². The quantitative estimate of drug-likeness (QED) is 0.345. The fourth-order valence-corrected chi connectivity index (χ4v) is 4.34. The van der Waals surface area contributed by atoms with E-state index in [9.17, 15) is 0 Å². The average Bonchev–Trinajstić information content (AvgIpc) is 3.58. The van der Waals surface area contributed by atoms with E-state index in [4.69, 9.17) is 0 Å². The predicted molar refractivity (Wildman–Crippen MR) is 143 cm³/mol. The van der Waals surface area contributed by atoms with Crippen molar-refractivity contribution in [3.05, 3.63) is 114 Å². The first kappa shape index (κ1) is 22.3. The third-order valence-corrected chi connectivity index (χ3v) is 6.18. The zero-order valence-corrected chi connectivity index (χ0v) is 19.7. The van der Waals surface area contributed by atoms with E-state index < -0.39 is 0 Å². The molecule has 0 aliphatic heterocycles. The summed E-state index contributed by atoms with van der Waals surface area (Å²) in [5.41, 5.74) is 11.3. The average molecular weight is 434 g/mol. The number of aryl methyl sites for hydroxylation is 1. The number of nitrogens with zero attached hydrogens (tertiary/aromatic N) is 1. The number of benzene rings is 1. The Morgan fingerprint density at radius 3 is 2.73 bits per heavy atom. The second-order valence-corrected chi connectivity index (χ2v) is 8.22. The Labute approximate surface area is 196 Å². The second-order valence-electron chi connectivity index (χ2n) is 8.22. The van der Waals surface area contributed by atoms with Crippen LogP contribution in [0.1, 0.15) is 43.5 Å². The van der Waals surface area contributed by atoms with E-state index in [2.05, 4.69) is 110 Å². The van der Waals surface area contributed by atoms with Crippen molar-refractivity contribution < 1.29 is 0 Å². The van der Waals surface area contributed by atoms with Gasteiger partial charge in [-0.3, -0.25) is 5.10 Å². The minimum Gasteiger partial charge on any atom is -0.357 e. The lowest BCUT2D eigenvalue weighted by Gasteiger charge is -2.07. The molecule has 3 heteroatoms. The summed E-state index contributed by atoms with van der Waals surface area (Å²) in [5.74, 6) is 0. The van der Waals surface area contributed by atoms with Crippen LogP contribution in [0.25, 0.3) is 33.4 Å². The molecule has 2 heterocycles. The number of hydrogen-bond acceptors (Lipinski definition) is 1. The molecule has 3 nitrogen and oxygen atoms in total. The molecule has 3 aromatic rings. The normalized spacial score (nSPS) is 14.8. The maximum atomic E-state index is 4.67. The smallest absolute Gasteiger partial charge is 0.116 e. The summed E-state index contributed by atoms with van der Waals surface area (Å²) in [6.07, 6.45) is 18.6. The van der Waals surface area contributed by atoms with Crippen LogP contribution in [-0.4, -0.2) is 15.2 Å². The molecule has 2 N–H and O–H groups in total. The highest BCUT2D eigenvalue weighted by Gasteiger charge is 2.17. The molecule has 2 aromatic heterocycles. The Kier molecular flexibility index (Phi) is 6.60. The van der Waals surface area contributed by atoms with Crippen LogP contribution in [0.4, 0.5) is 0 Å². The molecular formula is C30H31N3. The van der Waals surface area contributed by atoms with Crippen LogP contribution < -0.4 is 0 Å². The van der Waals surface area contributed by atoms with Gasteiger partial charge in [0.1, 0.15) is 5.69 Å². The number of aromatic nitrogens is 3. The van der Waals surface area contributed by atoms with Gasteiger partial charge in [-0.2, -0.15) is 5.10 Å². The van der Waals surface area contributed by atoms with E-state index in [0.717, 1.165) is 40.8 Å². The molecule has 166 valence electrons. The Morgan fingerprint density at radius 2 is 2.06 bits per heavy atom. The van der Waals surface area contributed by atoms with E-state index in [-0.39, 0.29) is 0 Å². The van der Waals surface area contributed by atoms with Gasteiger partial charge in [0.25, 0.3) is 0 Å². The van der Waals surface area contributed by atoms with E-state index in [1.165, 1.54) is 33.4 Å². The van der Waals surface area contributed by atoms with E-state index in [0.29, 0.717) is 0 Å². The second kappa shape index (κ2) is 9.74. The van der Waals surface area contributed by atoms with Crippen molar-refractivity contribution in [1.82, 2.24) is 15.2 Å². The summed E-state index contributed by atoms with van der Waals surface area (Å²) >= 11 is 0. The van der Waals surface area contributed by atoms with Crippen molar-refractivity contribution in [2.45, 2.75) is 33.6 Å². The molecule has 33 heavy (non-hydrogen) atoms. The van der Waals surface area contributed by atoms with Crippen LogP contribution in [0.15, 0.2) is 97.2 Å². The highest BCUT2D eigenvalue weighted by atomic mass is 15.1. The van der Waals surface area contributed by atoms with Crippen molar-refractivity contribution in [1.29, 1.82) is 0 Å². The Hall–Kier alpha value is -3.85. The summed E-state index contributed by atoms with van der Waals surface area (Å²) < 4.78 is 0. The molecule has 1 aromatic carbocycles. The lowest BCUT2D eigenvalue weighted by molar-refractivity contribution is 1.11. The van der Waals surface area contributed by atoms with Crippen molar-refractivity contribution in [3.8, 4) is 11.4 Å².